The Hall–Kier alpha value is -1.62. The molecule has 0 aliphatic heterocycles. The van der Waals surface area contributed by atoms with E-state index in [2.05, 4.69) is 6.07 Å². The Bertz CT molecular complexity index is 426. The normalized spacial score (nSPS) is 17.9. The SMILES string of the molecule is N#CC(CC(=O)c1ccccc1)C1CCCCC1. The minimum atomic E-state index is -0.0991. The van der Waals surface area contributed by atoms with Crippen LogP contribution in [0.3, 0.4) is 0 Å². The van der Waals surface area contributed by atoms with E-state index in [0.29, 0.717) is 12.3 Å². The van der Waals surface area contributed by atoms with Crippen LogP contribution >= 0.6 is 0 Å². The number of rotatable bonds is 4. The summed E-state index contributed by atoms with van der Waals surface area (Å²) in [6.07, 6.45) is 6.30. The Kier molecular flexibility index (Phi) is 4.52. The Balaban J connectivity index is 1.98. The summed E-state index contributed by atoms with van der Waals surface area (Å²) in [4.78, 5) is 12.1. The van der Waals surface area contributed by atoms with E-state index in [9.17, 15) is 10.1 Å². The molecule has 1 fully saturated rings. The number of Topliss-reactive ketones (excluding diaryl/α,β-unsaturated/α-hetero) is 1. The molecular weight excluding hydrogens is 222 g/mol. The lowest BCUT2D eigenvalue weighted by Gasteiger charge is -2.25. The zero-order valence-corrected chi connectivity index (χ0v) is 10.6. The molecule has 1 aliphatic carbocycles. The van der Waals surface area contributed by atoms with Gasteiger partial charge in [0.25, 0.3) is 0 Å². The highest BCUT2D eigenvalue weighted by Crippen LogP contribution is 2.32. The van der Waals surface area contributed by atoms with Crippen LogP contribution in [-0.4, -0.2) is 5.78 Å². The molecule has 0 amide bonds. The van der Waals surface area contributed by atoms with Crippen LogP contribution in [0, 0.1) is 23.2 Å². The van der Waals surface area contributed by atoms with Crippen molar-refractivity contribution in [1.29, 1.82) is 5.26 Å². The molecule has 0 spiro atoms. The number of nitriles is 1. The van der Waals surface area contributed by atoms with Crippen LogP contribution in [0.5, 0.6) is 0 Å². The van der Waals surface area contributed by atoms with E-state index >= 15 is 0 Å². The summed E-state index contributed by atoms with van der Waals surface area (Å²) in [5.41, 5.74) is 0.730. The van der Waals surface area contributed by atoms with Gasteiger partial charge in [-0.05, 0) is 18.8 Å². The smallest absolute Gasteiger partial charge is 0.164 e. The molecule has 1 saturated carbocycles. The topological polar surface area (TPSA) is 40.9 Å². The van der Waals surface area contributed by atoms with Gasteiger partial charge in [-0.25, -0.2) is 0 Å². The molecule has 2 heteroatoms. The first-order valence-corrected chi connectivity index (χ1v) is 6.79. The molecule has 2 rings (SSSR count). The number of nitrogens with zero attached hydrogens (tertiary/aromatic N) is 1. The molecule has 1 unspecified atom stereocenters. The second kappa shape index (κ2) is 6.35. The summed E-state index contributed by atoms with van der Waals surface area (Å²) < 4.78 is 0. The van der Waals surface area contributed by atoms with Crippen molar-refractivity contribution in [2.24, 2.45) is 11.8 Å². The van der Waals surface area contributed by atoms with Gasteiger partial charge >= 0.3 is 0 Å². The predicted molar refractivity (Wildman–Crippen MR) is 71.1 cm³/mol. The minimum Gasteiger partial charge on any atom is -0.294 e. The molecule has 0 heterocycles. The minimum absolute atomic E-state index is 0.0991. The monoisotopic (exact) mass is 241 g/mol. The van der Waals surface area contributed by atoms with Crippen molar-refractivity contribution in [2.75, 3.05) is 0 Å². The first kappa shape index (κ1) is 12.8. The van der Waals surface area contributed by atoms with Crippen molar-refractivity contribution >= 4 is 5.78 Å². The van der Waals surface area contributed by atoms with Crippen molar-refractivity contribution in [1.82, 2.24) is 0 Å². The lowest BCUT2D eigenvalue weighted by Crippen LogP contribution is -2.19. The van der Waals surface area contributed by atoms with E-state index in [1.165, 1.54) is 19.3 Å². The summed E-state index contributed by atoms with van der Waals surface area (Å²) in [5, 5.41) is 9.27. The van der Waals surface area contributed by atoms with Crippen LogP contribution in [0.4, 0.5) is 0 Å². The summed E-state index contributed by atoms with van der Waals surface area (Å²) in [7, 11) is 0. The average molecular weight is 241 g/mol. The van der Waals surface area contributed by atoms with Gasteiger partial charge in [-0.1, -0.05) is 49.6 Å². The van der Waals surface area contributed by atoms with Crippen molar-refractivity contribution < 1.29 is 4.79 Å². The number of hydrogen-bond acceptors (Lipinski definition) is 2. The third-order valence-corrected chi connectivity index (χ3v) is 3.89. The van der Waals surface area contributed by atoms with Gasteiger partial charge < -0.3 is 0 Å². The van der Waals surface area contributed by atoms with E-state index in [1.807, 2.05) is 30.3 Å². The molecule has 94 valence electrons. The van der Waals surface area contributed by atoms with Gasteiger partial charge in [0.2, 0.25) is 0 Å². The molecule has 0 radical (unpaired) electrons. The van der Waals surface area contributed by atoms with Crippen molar-refractivity contribution in [3.05, 3.63) is 35.9 Å². The molecule has 1 aromatic rings. The number of carbonyl (C=O) groups is 1. The summed E-state index contributed by atoms with van der Waals surface area (Å²) >= 11 is 0. The van der Waals surface area contributed by atoms with Crippen LogP contribution in [0.15, 0.2) is 30.3 Å². The van der Waals surface area contributed by atoms with Gasteiger partial charge in [-0.3, -0.25) is 4.79 Å². The first-order chi connectivity index (χ1) is 8.81. The fourth-order valence-corrected chi connectivity index (χ4v) is 2.80. The van der Waals surface area contributed by atoms with E-state index in [-0.39, 0.29) is 11.7 Å². The van der Waals surface area contributed by atoms with Gasteiger partial charge in [0.15, 0.2) is 5.78 Å². The fourth-order valence-electron chi connectivity index (χ4n) is 2.80. The predicted octanol–water partition coefficient (Wildman–Crippen LogP) is 3.98. The lowest BCUT2D eigenvalue weighted by molar-refractivity contribution is 0.0951. The quantitative estimate of drug-likeness (QED) is 0.748. The zero-order chi connectivity index (χ0) is 12.8. The van der Waals surface area contributed by atoms with Crippen molar-refractivity contribution in [2.45, 2.75) is 38.5 Å². The highest BCUT2D eigenvalue weighted by Gasteiger charge is 2.25. The van der Waals surface area contributed by atoms with Gasteiger partial charge in [-0.15, -0.1) is 0 Å². The average Bonchev–Trinajstić information content (AvgIpc) is 2.46. The Morgan fingerprint density at radius 1 is 1.22 bits per heavy atom. The van der Waals surface area contributed by atoms with Gasteiger partial charge in [0.1, 0.15) is 0 Å². The van der Waals surface area contributed by atoms with E-state index in [0.717, 1.165) is 18.4 Å². The molecule has 1 aromatic carbocycles. The van der Waals surface area contributed by atoms with E-state index in [1.54, 1.807) is 0 Å². The molecule has 0 N–H and O–H groups in total. The molecule has 2 nitrogen and oxygen atoms in total. The Labute approximate surface area is 109 Å². The van der Waals surface area contributed by atoms with Crippen molar-refractivity contribution in [3.63, 3.8) is 0 Å². The highest BCUT2D eigenvalue weighted by molar-refractivity contribution is 5.96. The third-order valence-electron chi connectivity index (χ3n) is 3.89. The number of ketones is 1. The summed E-state index contributed by atoms with van der Waals surface area (Å²) in [6.45, 7) is 0. The Morgan fingerprint density at radius 2 is 1.89 bits per heavy atom. The molecule has 18 heavy (non-hydrogen) atoms. The molecule has 0 saturated heterocycles. The highest BCUT2D eigenvalue weighted by atomic mass is 16.1. The molecule has 0 bridgehead atoms. The van der Waals surface area contributed by atoms with Crippen LogP contribution in [0.25, 0.3) is 0 Å². The van der Waals surface area contributed by atoms with Crippen molar-refractivity contribution in [3.8, 4) is 6.07 Å². The van der Waals surface area contributed by atoms with Gasteiger partial charge in [0, 0.05) is 12.0 Å². The van der Waals surface area contributed by atoms with Crippen LogP contribution < -0.4 is 0 Å². The lowest BCUT2D eigenvalue weighted by atomic mass is 9.78. The first-order valence-electron chi connectivity index (χ1n) is 6.79. The molecule has 1 aliphatic rings. The van der Waals surface area contributed by atoms with E-state index < -0.39 is 0 Å². The molecular formula is C16H19NO. The number of benzene rings is 1. The maximum atomic E-state index is 12.1. The number of hydrogen-bond donors (Lipinski definition) is 0. The largest absolute Gasteiger partial charge is 0.294 e. The van der Waals surface area contributed by atoms with Crippen LogP contribution in [0.1, 0.15) is 48.9 Å². The zero-order valence-electron chi connectivity index (χ0n) is 10.6. The fraction of sp³-hybridized carbons (Fsp3) is 0.500. The summed E-state index contributed by atoms with van der Waals surface area (Å²) in [5.74, 6) is 0.433. The summed E-state index contributed by atoms with van der Waals surface area (Å²) in [6, 6.07) is 11.7. The molecule has 1 atom stereocenters. The Morgan fingerprint density at radius 3 is 2.50 bits per heavy atom. The second-order valence-electron chi connectivity index (χ2n) is 5.13. The maximum Gasteiger partial charge on any atom is 0.164 e. The third kappa shape index (κ3) is 3.20. The van der Waals surface area contributed by atoms with Crippen LogP contribution in [0.2, 0.25) is 0 Å². The maximum absolute atomic E-state index is 12.1. The standard InChI is InChI=1S/C16H19NO/c17-12-15(13-7-3-1-4-8-13)11-16(18)14-9-5-2-6-10-14/h2,5-6,9-10,13,15H,1,3-4,7-8,11H2. The van der Waals surface area contributed by atoms with Gasteiger partial charge in [-0.2, -0.15) is 5.26 Å². The van der Waals surface area contributed by atoms with Crippen LogP contribution in [-0.2, 0) is 0 Å². The molecule has 0 aromatic heterocycles. The number of carbonyl (C=O) groups excluding carboxylic acids is 1. The second-order valence-corrected chi connectivity index (χ2v) is 5.13. The van der Waals surface area contributed by atoms with E-state index in [4.69, 9.17) is 0 Å². The van der Waals surface area contributed by atoms with Gasteiger partial charge in [0.05, 0.1) is 12.0 Å².